The lowest BCUT2D eigenvalue weighted by molar-refractivity contribution is 0.581. The van der Waals surface area contributed by atoms with Gasteiger partial charge in [0.2, 0.25) is 10.0 Å². The van der Waals surface area contributed by atoms with Crippen LogP contribution in [0.25, 0.3) is 0 Å². The molecule has 0 unspecified atom stereocenters. The number of anilines is 1. The van der Waals surface area contributed by atoms with Crippen molar-refractivity contribution < 1.29 is 8.42 Å². The monoisotopic (exact) mass is 311 g/mol. The SMILES string of the molecule is CNc1ncccc1S(=O)(=O)NCc1ccccc1Cl. The number of hydrogen-bond donors (Lipinski definition) is 2. The Morgan fingerprint density at radius 1 is 1.20 bits per heavy atom. The van der Waals surface area contributed by atoms with Gasteiger partial charge in [-0.2, -0.15) is 0 Å². The van der Waals surface area contributed by atoms with Crippen LogP contribution in [-0.4, -0.2) is 20.4 Å². The number of nitrogens with zero attached hydrogens (tertiary/aromatic N) is 1. The quantitative estimate of drug-likeness (QED) is 0.888. The van der Waals surface area contributed by atoms with Gasteiger partial charge in [0.1, 0.15) is 10.7 Å². The van der Waals surface area contributed by atoms with Gasteiger partial charge in [-0.05, 0) is 23.8 Å². The number of sulfonamides is 1. The van der Waals surface area contributed by atoms with Gasteiger partial charge in [-0.25, -0.2) is 18.1 Å². The van der Waals surface area contributed by atoms with Crippen LogP contribution in [0, 0.1) is 0 Å². The van der Waals surface area contributed by atoms with E-state index in [4.69, 9.17) is 11.6 Å². The highest BCUT2D eigenvalue weighted by molar-refractivity contribution is 7.89. The van der Waals surface area contributed by atoms with Gasteiger partial charge in [-0.1, -0.05) is 29.8 Å². The second-order valence-corrected chi connectivity index (χ2v) is 6.16. The fourth-order valence-electron chi connectivity index (χ4n) is 1.69. The van der Waals surface area contributed by atoms with Crippen molar-refractivity contribution in [2.24, 2.45) is 0 Å². The molecule has 2 rings (SSSR count). The number of rotatable bonds is 5. The van der Waals surface area contributed by atoms with Crippen molar-refractivity contribution in [2.75, 3.05) is 12.4 Å². The van der Waals surface area contributed by atoms with Crippen LogP contribution in [0.1, 0.15) is 5.56 Å². The molecule has 0 saturated carbocycles. The maximum atomic E-state index is 12.3. The van der Waals surface area contributed by atoms with E-state index in [1.807, 2.05) is 0 Å². The normalized spacial score (nSPS) is 11.3. The summed E-state index contributed by atoms with van der Waals surface area (Å²) < 4.78 is 27.0. The van der Waals surface area contributed by atoms with E-state index < -0.39 is 10.0 Å². The van der Waals surface area contributed by atoms with E-state index in [0.717, 1.165) is 0 Å². The van der Waals surface area contributed by atoms with Crippen molar-refractivity contribution in [3.63, 3.8) is 0 Å². The zero-order valence-corrected chi connectivity index (χ0v) is 12.4. The molecule has 0 bridgehead atoms. The second-order valence-electron chi connectivity index (χ2n) is 4.02. The average molecular weight is 312 g/mol. The Kier molecular flexibility index (Phi) is 4.59. The third-order valence-electron chi connectivity index (χ3n) is 2.71. The molecule has 0 atom stereocenters. The molecule has 1 aromatic heterocycles. The van der Waals surface area contributed by atoms with Gasteiger partial charge in [0.05, 0.1) is 0 Å². The Balaban J connectivity index is 2.22. The van der Waals surface area contributed by atoms with Gasteiger partial charge in [0, 0.05) is 24.8 Å². The lowest BCUT2D eigenvalue weighted by atomic mass is 10.2. The van der Waals surface area contributed by atoms with Crippen LogP contribution in [0.5, 0.6) is 0 Å². The molecule has 0 saturated heterocycles. The topological polar surface area (TPSA) is 71.1 Å². The molecule has 7 heteroatoms. The minimum Gasteiger partial charge on any atom is -0.372 e. The largest absolute Gasteiger partial charge is 0.372 e. The van der Waals surface area contributed by atoms with Crippen LogP contribution < -0.4 is 10.0 Å². The molecular weight excluding hydrogens is 298 g/mol. The van der Waals surface area contributed by atoms with E-state index >= 15 is 0 Å². The highest BCUT2D eigenvalue weighted by Gasteiger charge is 2.18. The first-order valence-corrected chi connectivity index (χ1v) is 7.76. The van der Waals surface area contributed by atoms with Crippen molar-refractivity contribution >= 4 is 27.4 Å². The van der Waals surface area contributed by atoms with Crippen LogP contribution in [0.2, 0.25) is 5.02 Å². The minimum atomic E-state index is -3.65. The number of benzene rings is 1. The Morgan fingerprint density at radius 3 is 2.65 bits per heavy atom. The van der Waals surface area contributed by atoms with E-state index in [9.17, 15) is 8.42 Å². The third-order valence-corrected chi connectivity index (χ3v) is 4.51. The summed E-state index contributed by atoms with van der Waals surface area (Å²) in [6, 6.07) is 10.2. The molecule has 20 heavy (non-hydrogen) atoms. The van der Waals surface area contributed by atoms with Gasteiger partial charge in [-0.3, -0.25) is 0 Å². The number of pyridine rings is 1. The smallest absolute Gasteiger partial charge is 0.244 e. The molecule has 1 aromatic carbocycles. The zero-order chi connectivity index (χ0) is 14.6. The van der Waals surface area contributed by atoms with Crippen molar-refractivity contribution in [2.45, 2.75) is 11.4 Å². The molecule has 0 fully saturated rings. The summed E-state index contributed by atoms with van der Waals surface area (Å²) in [6.45, 7) is 0.125. The van der Waals surface area contributed by atoms with E-state index in [2.05, 4.69) is 15.0 Å². The summed E-state index contributed by atoms with van der Waals surface area (Å²) >= 11 is 6.00. The summed E-state index contributed by atoms with van der Waals surface area (Å²) in [6.07, 6.45) is 1.53. The maximum absolute atomic E-state index is 12.3. The fourth-order valence-corrected chi connectivity index (χ4v) is 3.06. The predicted octanol–water partition coefficient (Wildman–Crippen LogP) is 2.26. The summed E-state index contributed by atoms with van der Waals surface area (Å²) in [5.74, 6) is 0.305. The summed E-state index contributed by atoms with van der Waals surface area (Å²) in [7, 11) is -2.03. The van der Waals surface area contributed by atoms with Crippen molar-refractivity contribution in [1.82, 2.24) is 9.71 Å². The van der Waals surface area contributed by atoms with E-state index in [1.165, 1.54) is 12.3 Å². The standard InChI is InChI=1S/C13H14ClN3O2S/c1-15-13-12(7-4-8-16-13)20(18,19)17-9-10-5-2-3-6-11(10)14/h2-8,17H,9H2,1H3,(H,15,16). The van der Waals surface area contributed by atoms with Gasteiger partial charge < -0.3 is 5.32 Å². The van der Waals surface area contributed by atoms with Crippen LogP contribution in [0.15, 0.2) is 47.5 Å². The summed E-state index contributed by atoms with van der Waals surface area (Å²) in [4.78, 5) is 4.09. The van der Waals surface area contributed by atoms with Gasteiger partial charge in [0.25, 0.3) is 0 Å². The molecule has 0 spiro atoms. The van der Waals surface area contributed by atoms with Crippen LogP contribution in [0.3, 0.4) is 0 Å². The van der Waals surface area contributed by atoms with E-state index in [1.54, 1.807) is 37.4 Å². The number of hydrogen-bond acceptors (Lipinski definition) is 4. The molecule has 2 N–H and O–H groups in total. The van der Waals surface area contributed by atoms with Crippen molar-refractivity contribution in [1.29, 1.82) is 0 Å². The summed E-state index contributed by atoms with van der Waals surface area (Å²) in [5, 5.41) is 3.28. The van der Waals surface area contributed by atoms with Gasteiger partial charge >= 0.3 is 0 Å². The lowest BCUT2D eigenvalue weighted by Crippen LogP contribution is -2.24. The fraction of sp³-hybridized carbons (Fsp3) is 0.154. The zero-order valence-electron chi connectivity index (χ0n) is 10.8. The first-order valence-electron chi connectivity index (χ1n) is 5.90. The molecule has 2 aromatic rings. The predicted molar refractivity (Wildman–Crippen MR) is 79.3 cm³/mol. The molecule has 0 aliphatic heterocycles. The average Bonchev–Trinajstić information content (AvgIpc) is 2.46. The third kappa shape index (κ3) is 3.27. The maximum Gasteiger partial charge on any atom is 0.244 e. The molecule has 5 nitrogen and oxygen atoms in total. The number of aromatic nitrogens is 1. The van der Waals surface area contributed by atoms with E-state index in [0.29, 0.717) is 16.4 Å². The van der Waals surface area contributed by atoms with Gasteiger partial charge in [-0.15, -0.1) is 0 Å². The molecule has 1 heterocycles. The van der Waals surface area contributed by atoms with Crippen LogP contribution in [-0.2, 0) is 16.6 Å². The van der Waals surface area contributed by atoms with Crippen molar-refractivity contribution in [3.05, 3.63) is 53.2 Å². The summed E-state index contributed by atoms with van der Waals surface area (Å²) in [5.41, 5.74) is 0.715. The van der Waals surface area contributed by atoms with Crippen LogP contribution >= 0.6 is 11.6 Å². The Morgan fingerprint density at radius 2 is 1.95 bits per heavy atom. The molecule has 0 radical (unpaired) electrons. The Bertz CT molecular complexity index is 704. The lowest BCUT2D eigenvalue weighted by Gasteiger charge is -2.10. The second kappa shape index (κ2) is 6.21. The highest BCUT2D eigenvalue weighted by Crippen LogP contribution is 2.19. The molecular formula is C13H14ClN3O2S. The molecule has 0 aliphatic carbocycles. The minimum absolute atomic E-state index is 0.106. The number of nitrogens with one attached hydrogen (secondary N) is 2. The Hall–Kier alpha value is -1.63. The first-order chi connectivity index (χ1) is 9.54. The Labute approximate surface area is 123 Å². The number of halogens is 1. The van der Waals surface area contributed by atoms with Crippen LogP contribution in [0.4, 0.5) is 5.82 Å². The highest BCUT2D eigenvalue weighted by atomic mass is 35.5. The first kappa shape index (κ1) is 14.8. The molecule has 0 amide bonds. The van der Waals surface area contributed by atoms with Crippen molar-refractivity contribution in [3.8, 4) is 0 Å². The molecule has 0 aliphatic rings. The molecule has 106 valence electrons. The van der Waals surface area contributed by atoms with E-state index in [-0.39, 0.29) is 11.4 Å². The van der Waals surface area contributed by atoms with Gasteiger partial charge in [0.15, 0.2) is 0 Å².